The van der Waals surface area contributed by atoms with Crippen molar-refractivity contribution in [3.8, 4) is 0 Å². The second-order valence-electron chi connectivity index (χ2n) is 4.85. The van der Waals surface area contributed by atoms with Crippen LogP contribution in [0.5, 0.6) is 0 Å². The molecule has 0 saturated carbocycles. The van der Waals surface area contributed by atoms with Gasteiger partial charge in [-0.25, -0.2) is 4.79 Å². The molecule has 1 aromatic carbocycles. The van der Waals surface area contributed by atoms with E-state index in [2.05, 4.69) is 11.4 Å². The van der Waals surface area contributed by atoms with E-state index in [4.69, 9.17) is 4.74 Å². The van der Waals surface area contributed by atoms with Gasteiger partial charge in [0.1, 0.15) is 0 Å². The highest BCUT2D eigenvalue weighted by atomic mass is 16.5. The van der Waals surface area contributed by atoms with E-state index in [0.29, 0.717) is 11.5 Å². The monoisotopic (exact) mass is 263 g/mol. The summed E-state index contributed by atoms with van der Waals surface area (Å²) in [5, 5.41) is 13.3. The van der Waals surface area contributed by atoms with Crippen LogP contribution in [0.25, 0.3) is 0 Å². The maximum absolute atomic E-state index is 11.5. The molecule has 1 atom stereocenters. The molecule has 2 rings (SSSR count). The normalized spacial score (nSPS) is 18.0. The zero-order valence-electron chi connectivity index (χ0n) is 11.3. The third kappa shape index (κ3) is 3.55. The van der Waals surface area contributed by atoms with Crippen LogP contribution in [-0.2, 0) is 9.53 Å². The zero-order chi connectivity index (χ0) is 13.7. The van der Waals surface area contributed by atoms with Crippen molar-refractivity contribution in [1.29, 1.82) is 0 Å². The lowest BCUT2D eigenvalue weighted by atomic mass is 9.89. The lowest BCUT2D eigenvalue weighted by molar-refractivity contribution is -0.153. The van der Waals surface area contributed by atoms with Gasteiger partial charge in [-0.1, -0.05) is 24.3 Å². The van der Waals surface area contributed by atoms with Crippen LogP contribution >= 0.6 is 0 Å². The Bertz CT molecular complexity index is 427. The molecule has 4 nitrogen and oxygen atoms in total. The third-order valence-electron chi connectivity index (χ3n) is 3.55. The van der Waals surface area contributed by atoms with Gasteiger partial charge in [-0.3, -0.25) is 0 Å². The van der Waals surface area contributed by atoms with Gasteiger partial charge in [0.25, 0.3) is 0 Å². The van der Waals surface area contributed by atoms with Crippen LogP contribution in [0.2, 0.25) is 0 Å². The van der Waals surface area contributed by atoms with Crippen molar-refractivity contribution in [2.75, 3.05) is 19.7 Å². The fourth-order valence-corrected chi connectivity index (χ4v) is 2.50. The third-order valence-corrected chi connectivity index (χ3v) is 3.55. The molecule has 19 heavy (non-hydrogen) atoms. The van der Waals surface area contributed by atoms with Crippen molar-refractivity contribution in [2.24, 2.45) is 0 Å². The minimum absolute atomic E-state index is 0.282. The first kappa shape index (κ1) is 14.0. The van der Waals surface area contributed by atoms with Crippen LogP contribution in [0.1, 0.15) is 42.9 Å². The smallest absolute Gasteiger partial charge is 0.339 e. The summed E-state index contributed by atoms with van der Waals surface area (Å²) < 4.78 is 4.84. The molecule has 4 heteroatoms. The summed E-state index contributed by atoms with van der Waals surface area (Å²) in [5.41, 5.74) is 1.82. The van der Waals surface area contributed by atoms with E-state index >= 15 is 0 Å². The molecule has 1 aliphatic rings. The minimum atomic E-state index is -1.18. The van der Waals surface area contributed by atoms with Gasteiger partial charge in [-0.2, -0.15) is 0 Å². The first-order valence-electron chi connectivity index (χ1n) is 6.87. The summed E-state index contributed by atoms with van der Waals surface area (Å²) in [5.74, 6) is -0.0689. The van der Waals surface area contributed by atoms with E-state index in [9.17, 15) is 9.90 Å². The summed E-state index contributed by atoms with van der Waals surface area (Å²) in [7, 11) is 0. The van der Waals surface area contributed by atoms with Crippen LogP contribution in [0, 0.1) is 0 Å². The number of hydrogen-bond acceptors (Lipinski definition) is 4. The van der Waals surface area contributed by atoms with Gasteiger partial charge in [0, 0.05) is 0 Å². The molecule has 0 aliphatic carbocycles. The Morgan fingerprint density at radius 3 is 2.89 bits per heavy atom. The summed E-state index contributed by atoms with van der Waals surface area (Å²) in [6, 6.07) is 7.66. The van der Waals surface area contributed by atoms with Gasteiger partial charge in [0.05, 0.1) is 6.61 Å². The molecule has 0 bridgehead atoms. The largest absolute Gasteiger partial charge is 0.464 e. The molecule has 0 amide bonds. The molecular weight excluding hydrogens is 242 g/mol. The quantitative estimate of drug-likeness (QED) is 0.813. The fourth-order valence-electron chi connectivity index (χ4n) is 2.50. The number of piperidine rings is 1. The van der Waals surface area contributed by atoms with E-state index in [1.54, 1.807) is 13.0 Å². The Labute approximate surface area is 113 Å². The van der Waals surface area contributed by atoms with Gasteiger partial charge in [0.15, 0.2) is 6.10 Å². The maximum Gasteiger partial charge on any atom is 0.339 e. The van der Waals surface area contributed by atoms with Gasteiger partial charge in [-0.15, -0.1) is 0 Å². The predicted octanol–water partition coefficient (Wildman–Crippen LogP) is 1.75. The number of aliphatic hydroxyl groups is 1. The van der Waals surface area contributed by atoms with E-state index in [1.165, 1.54) is 5.56 Å². The van der Waals surface area contributed by atoms with Crippen molar-refractivity contribution in [1.82, 2.24) is 5.32 Å². The van der Waals surface area contributed by atoms with Gasteiger partial charge in [-0.05, 0) is 49.9 Å². The molecular formula is C15H21NO3. The number of benzene rings is 1. The average molecular weight is 263 g/mol. The molecule has 1 fully saturated rings. The average Bonchev–Trinajstić information content (AvgIpc) is 2.48. The SMILES string of the molecule is CCOC(=O)C(O)c1cccc(C2CCNCC2)c1. The Morgan fingerprint density at radius 2 is 2.21 bits per heavy atom. The van der Waals surface area contributed by atoms with Gasteiger partial charge >= 0.3 is 5.97 Å². The molecule has 0 radical (unpaired) electrons. The summed E-state index contributed by atoms with van der Waals surface area (Å²) in [6.45, 7) is 4.06. The van der Waals surface area contributed by atoms with Gasteiger partial charge in [0.2, 0.25) is 0 Å². The Kier molecular flexibility index (Phi) is 4.93. The van der Waals surface area contributed by atoms with E-state index in [-0.39, 0.29) is 6.61 Å². The molecule has 2 N–H and O–H groups in total. The number of aliphatic hydroxyl groups excluding tert-OH is 1. The van der Waals surface area contributed by atoms with Crippen LogP contribution < -0.4 is 5.32 Å². The topological polar surface area (TPSA) is 58.6 Å². The van der Waals surface area contributed by atoms with Crippen LogP contribution in [0.4, 0.5) is 0 Å². The Hall–Kier alpha value is -1.39. The predicted molar refractivity (Wildman–Crippen MR) is 72.9 cm³/mol. The lowest BCUT2D eigenvalue weighted by Crippen LogP contribution is -2.26. The molecule has 1 unspecified atom stereocenters. The van der Waals surface area contributed by atoms with E-state index in [1.807, 2.05) is 12.1 Å². The molecule has 1 aromatic rings. The highest BCUT2D eigenvalue weighted by molar-refractivity contribution is 5.76. The maximum atomic E-state index is 11.5. The molecule has 0 spiro atoms. The molecule has 1 aliphatic heterocycles. The Balaban J connectivity index is 2.11. The number of nitrogens with one attached hydrogen (secondary N) is 1. The van der Waals surface area contributed by atoms with E-state index in [0.717, 1.165) is 25.9 Å². The standard InChI is InChI=1S/C15H21NO3/c1-2-19-15(18)14(17)13-5-3-4-12(10-13)11-6-8-16-9-7-11/h3-5,10-11,14,16-17H,2,6-9H2,1H3. The van der Waals surface area contributed by atoms with Crippen molar-refractivity contribution in [3.63, 3.8) is 0 Å². The number of hydrogen-bond donors (Lipinski definition) is 2. The number of carbonyl (C=O) groups excluding carboxylic acids is 1. The van der Waals surface area contributed by atoms with Gasteiger partial charge < -0.3 is 15.2 Å². The highest BCUT2D eigenvalue weighted by Crippen LogP contribution is 2.27. The van der Waals surface area contributed by atoms with E-state index < -0.39 is 12.1 Å². The zero-order valence-corrected chi connectivity index (χ0v) is 11.3. The second kappa shape index (κ2) is 6.68. The van der Waals surface area contributed by atoms with Crippen molar-refractivity contribution in [2.45, 2.75) is 31.8 Å². The van der Waals surface area contributed by atoms with Crippen LogP contribution in [0.15, 0.2) is 24.3 Å². The van der Waals surface area contributed by atoms with Crippen LogP contribution in [-0.4, -0.2) is 30.8 Å². The summed E-state index contributed by atoms with van der Waals surface area (Å²) >= 11 is 0. The molecule has 1 saturated heterocycles. The minimum Gasteiger partial charge on any atom is -0.464 e. The first-order chi connectivity index (χ1) is 9.22. The highest BCUT2D eigenvalue weighted by Gasteiger charge is 2.21. The molecule has 104 valence electrons. The second-order valence-corrected chi connectivity index (χ2v) is 4.85. The van der Waals surface area contributed by atoms with Crippen molar-refractivity contribution >= 4 is 5.97 Å². The summed E-state index contributed by atoms with van der Waals surface area (Å²) in [4.78, 5) is 11.5. The molecule has 1 heterocycles. The number of esters is 1. The van der Waals surface area contributed by atoms with Crippen LogP contribution in [0.3, 0.4) is 0 Å². The first-order valence-corrected chi connectivity index (χ1v) is 6.87. The fraction of sp³-hybridized carbons (Fsp3) is 0.533. The Morgan fingerprint density at radius 1 is 1.47 bits per heavy atom. The van der Waals surface area contributed by atoms with Crippen molar-refractivity contribution in [3.05, 3.63) is 35.4 Å². The number of rotatable bonds is 4. The lowest BCUT2D eigenvalue weighted by Gasteiger charge is -2.23. The summed E-state index contributed by atoms with van der Waals surface area (Å²) in [6.07, 6.45) is 1.01. The van der Waals surface area contributed by atoms with Crippen molar-refractivity contribution < 1.29 is 14.6 Å². The number of ether oxygens (including phenoxy) is 1. The number of carbonyl (C=O) groups is 1. The molecule has 0 aromatic heterocycles.